The fourth-order valence-corrected chi connectivity index (χ4v) is 4.10. The van der Waals surface area contributed by atoms with Gasteiger partial charge in [-0.2, -0.15) is 0 Å². The van der Waals surface area contributed by atoms with Gasteiger partial charge in [0.1, 0.15) is 0 Å². The average Bonchev–Trinajstić information content (AvgIpc) is 3.20. The molecule has 3 rings (SSSR count). The molecule has 4 amide bonds. The summed E-state index contributed by atoms with van der Waals surface area (Å²) in [6, 6.07) is 7.88. The summed E-state index contributed by atoms with van der Waals surface area (Å²) in [6.45, 7) is 8.23. The van der Waals surface area contributed by atoms with E-state index in [1.165, 1.54) is 0 Å². The summed E-state index contributed by atoms with van der Waals surface area (Å²) >= 11 is 0. The zero-order chi connectivity index (χ0) is 20.8. The van der Waals surface area contributed by atoms with Crippen molar-refractivity contribution in [3.05, 3.63) is 35.4 Å². The van der Waals surface area contributed by atoms with E-state index in [4.69, 9.17) is 0 Å². The predicted octanol–water partition coefficient (Wildman–Crippen LogP) is 1.97. The lowest BCUT2D eigenvalue weighted by atomic mass is 9.97. The van der Waals surface area contributed by atoms with Gasteiger partial charge in [0.2, 0.25) is 5.91 Å². The van der Waals surface area contributed by atoms with Crippen molar-refractivity contribution in [2.75, 3.05) is 45.8 Å². The molecule has 7 heteroatoms. The van der Waals surface area contributed by atoms with Crippen molar-refractivity contribution in [3.63, 3.8) is 0 Å². The van der Waals surface area contributed by atoms with Gasteiger partial charge in [-0.05, 0) is 42.9 Å². The number of likely N-dealkylation sites (tertiary alicyclic amines) is 1. The Hall–Kier alpha value is -2.57. The quantitative estimate of drug-likeness (QED) is 0.821. The van der Waals surface area contributed by atoms with Crippen LogP contribution in [0.5, 0.6) is 0 Å². The highest BCUT2D eigenvalue weighted by Crippen LogP contribution is 2.22. The second kappa shape index (κ2) is 9.76. The molecule has 0 radical (unpaired) electrons. The molecule has 2 fully saturated rings. The van der Waals surface area contributed by atoms with E-state index in [2.05, 4.69) is 11.4 Å². The Balaban J connectivity index is 1.54. The molecule has 1 unspecified atom stereocenters. The van der Waals surface area contributed by atoms with Gasteiger partial charge >= 0.3 is 6.03 Å². The molecule has 0 spiro atoms. The monoisotopic (exact) mass is 400 g/mol. The lowest BCUT2D eigenvalue weighted by Crippen LogP contribution is -2.50. The molecule has 2 heterocycles. The van der Waals surface area contributed by atoms with Gasteiger partial charge in [-0.25, -0.2) is 4.79 Å². The first-order valence-corrected chi connectivity index (χ1v) is 10.6. The minimum Gasteiger partial charge on any atom is -0.339 e. The van der Waals surface area contributed by atoms with Crippen LogP contribution in [0.1, 0.15) is 42.6 Å². The van der Waals surface area contributed by atoms with E-state index < -0.39 is 0 Å². The van der Waals surface area contributed by atoms with Crippen LogP contribution in [0.2, 0.25) is 0 Å². The fraction of sp³-hybridized carbons (Fsp3) is 0.591. The minimum absolute atomic E-state index is 0.0297. The third kappa shape index (κ3) is 5.49. The van der Waals surface area contributed by atoms with E-state index in [9.17, 15) is 14.4 Å². The lowest BCUT2D eigenvalue weighted by Gasteiger charge is -2.34. The number of amides is 4. The second-order valence-corrected chi connectivity index (χ2v) is 8.04. The Bertz CT molecular complexity index is 743. The van der Waals surface area contributed by atoms with E-state index in [0.29, 0.717) is 44.2 Å². The summed E-state index contributed by atoms with van der Waals surface area (Å²) < 4.78 is 0. The summed E-state index contributed by atoms with van der Waals surface area (Å²) in [7, 11) is 0. The molecular formula is C22H32N4O3. The number of benzene rings is 1. The third-order valence-electron chi connectivity index (χ3n) is 5.81. The maximum absolute atomic E-state index is 12.9. The van der Waals surface area contributed by atoms with Gasteiger partial charge in [0, 0.05) is 58.3 Å². The number of nitrogens with zero attached hydrogens (tertiary/aromatic N) is 3. The van der Waals surface area contributed by atoms with Gasteiger partial charge in [-0.3, -0.25) is 9.59 Å². The van der Waals surface area contributed by atoms with Crippen molar-refractivity contribution in [2.24, 2.45) is 5.92 Å². The number of urea groups is 1. The molecule has 1 atom stereocenters. The Morgan fingerprint density at radius 3 is 2.45 bits per heavy atom. The summed E-state index contributed by atoms with van der Waals surface area (Å²) in [5.41, 5.74) is 1.84. The van der Waals surface area contributed by atoms with Crippen LogP contribution in [0.3, 0.4) is 0 Å². The first-order chi connectivity index (χ1) is 14.0. The van der Waals surface area contributed by atoms with Crippen LogP contribution in [-0.4, -0.2) is 78.4 Å². The van der Waals surface area contributed by atoms with Gasteiger partial charge in [0.15, 0.2) is 0 Å². The van der Waals surface area contributed by atoms with E-state index in [1.54, 1.807) is 11.8 Å². The first kappa shape index (κ1) is 21.1. The third-order valence-corrected chi connectivity index (χ3v) is 5.81. The zero-order valence-corrected chi connectivity index (χ0v) is 17.5. The molecule has 29 heavy (non-hydrogen) atoms. The van der Waals surface area contributed by atoms with Crippen LogP contribution in [0, 0.1) is 5.92 Å². The molecule has 1 aromatic rings. The number of hydrogen-bond acceptors (Lipinski definition) is 3. The number of rotatable bonds is 5. The van der Waals surface area contributed by atoms with E-state index >= 15 is 0 Å². The smallest absolute Gasteiger partial charge is 0.317 e. The van der Waals surface area contributed by atoms with E-state index in [1.807, 2.05) is 34.9 Å². The number of piperazine rings is 1. The number of hydrogen-bond donors (Lipinski definition) is 1. The number of carbonyl (C=O) groups is 3. The normalized spacial score (nSPS) is 19.4. The molecular weight excluding hydrogens is 368 g/mol. The van der Waals surface area contributed by atoms with E-state index in [-0.39, 0.29) is 17.8 Å². The molecule has 0 aromatic heterocycles. The number of nitrogens with one attached hydrogen (secondary N) is 1. The lowest BCUT2D eigenvalue weighted by molar-refractivity contribution is -0.130. The number of carbonyl (C=O) groups excluding carboxylic acids is 3. The predicted molar refractivity (Wildman–Crippen MR) is 112 cm³/mol. The van der Waals surface area contributed by atoms with Crippen molar-refractivity contribution in [1.82, 2.24) is 20.0 Å². The average molecular weight is 401 g/mol. The van der Waals surface area contributed by atoms with Gasteiger partial charge in [-0.1, -0.05) is 19.1 Å². The van der Waals surface area contributed by atoms with Crippen LogP contribution in [-0.2, 0) is 11.2 Å². The Morgan fingerprint density at radius 2 is 1.76 bits per heavy atom. The second-order valence-electron chi connectivity index (χ2n) is 8.04. The maximum atomic E-state index is 12.9. The molecule has 2 aliphatic rings. The van der Waals surface area contributed by atoms with Crippen LogP contribution in [0.25, 0.3) is 0 Å². The molecule has 0 bridgehead atoms. The summed E-state index contributed by atoms with van der Waals surface area (Å²) in [4.78, 5) is 42.0. The Kier molecular flexibility index (Phi) is 7.12. The topological polar surface area (TPSA) is 73.0 Å². The molecule has 7 nitrogen and oxygen atoms in total. The van der Waals surface area contributed by atoms with Crippen LogP contribution in [0.15, 0.2) is 24.3 Å². The molecule has 1 aromatic carbocycles. The van der Waals surface area contributed by atoms with Gasteiger partial charge in [0.25, 0.3) is 5.91 Å². The fourth-order valence-electron chi connectivity index (χ4n) is 4.10. The first-order valence-electron chi connectivity index (χ1n) is 10.6. The SMILES string of the molecule is CCCNC(=O)N1CCC(Cc2cccc(C(=O)N3CCN(C(C)=O)CC3)c2)C1. The van der Waals surface area contributed by atoms with Crippen LogP contribution >= 0.6 is 0 Å². The highest BCUT2D eigenvalue weighted by molar-refractivity contribution is 5.94. The summed E-state index contributed by atoms with van der Waals surface area (Å²) in [5, 5.41) is 2.94. The zero-order valence-electron chi connectivity index (χ0n) is 17.5. The van der Waals surface area contributed by atoms with Crippen LogP contribution < -0.4 is 5.32 Å². The highest BCUT2D eigenvalue weighted by Gasteiger charge is 2.27. The maximum Gasteiger partial charge on any atom is 0.317 e. The molecule has 158 valence electrons. The molecule has 0 aliphatic carbocycles. The van der Waals surface area contributed by atoms with Crippen molar-refractivity contribution in [3.8, 4) is 0 Å². The molecule has 2 aliphatic heterocycles. The molecule has 1 N–H and O–H groups in total. The molecule has 0 saturated carbocycles. The summed E-state index contributed by atoms with van der Waals surface area (Å²) in [5.74, 6) is 0.516. The largest absolute Gasteiger partial charge is 0.339 e. The van der Waals surface area contributed by atoms with Crippen LogP contribution in [0.4, 0.5) is 4.79 Å². The minimum atomic E-state index is 0.0297. The van der Waals surface area contributed by atoms with Crippen molar-refractivity contribution < 1.29 is 14.4 Å². The van der Waals surface area contributed by atoms with Gasteiger partial charge in [-0.15, -0.1) is 0 Å². The highest BCUT2D eigenvalue weighted by atomic mass is 16.2. The Labute approximate surface area is 173 Å². The standard InChI is InChI=1S/C22H32N4O3/c1-3-8-23-22(29)26-9-7-19(16-26)14-18-5-4-6-20(15-18)21(28)25-12-10-24(11-13-25)17(2)27/h4-6,15,19H,3,7-14,16H2,1-2H3,(H,23,29). The van der Waals surface area contributed by atoms with Crippen molar-refractivity contribution >= 4 is 17.8 Å². The van der Waals surface area contributed by atoms with Crippen molar-refractivity contribution in [1.29, 1.82) is 0 Å². The molecule has 2 saturated heterocycles. The summed E-state index contributed by atoms with van der Waals surface area (Å²) in [6.07, 6.45) is 2.80. The van der Waals surface area contributed by atoms with Crippen molar-refractivity contribution in [2.45, 2.75) is 33.1 Å². The van der Waals surface area contributed by atoms with E-state index in [0.717, 1.165) is 37.9 Å². The Morgan fingerprint density at radius 1 is 1.03 bits per heavy atom. The van der Waals surface area contributed by atoms with Gasteiger partial charge < -0.3 is 20.0 Å². The van der Waals surface area contributed by atoms with Gasteiger partial charge in [0.05, 0.1) is 0 Å².